The number of ether oxygens (including phenoxy) is 1. The second kappa shape index (κ2) is 6.15. The average molecular weight is 271 g/mol. The van der Waals surface area contributed by atoms with Crippen LogP contribution in [0.5, 0.6) is 0 Å². The summed E-state index contributed by atoms with van der Waals surface area (Å²) in [6.07, 6.45) is 6.04. The van der Waals surface area contributed by atoms with Crippen molar-refractivity contribution < 1.29 is 4.74 Å². The zero-order chi connectivity index (χ0) is 13.0. The van der Waals surface area contributed by atoms with Crippen molar-refractivity contribution in [2.24, 2.45) is 10.4 Å². The van der Waals surface area contributed by atoms with E-state index in [0.717, 1.165) is 31.0 Å². The van der Waals surface area contributed by atoms with Crippen molar-refractivity contribution in [1.82, 2.24) is 10.6 Å². The molecular formula is C13H25N3OS. The molecule has 4 nitrogen and oxygen atoms in total. The number of thioether (sulfide) groups is 1. The number of hydrogen-bond acceptors (Lipinski definition) is 3. The van der Waals surface area contributed by atoms with E-state index in [4.69, 9.17) is 4.74 Å². The van der Waals surface area contributed by atoms with Crippen LogP contribution in [0, 0.1) is 5.41 Å². The third-order valence-electron chi connectivity index (χ3n) is 3.87. The van der Waals surface area contributed by atoms with E-state index in [2.05, 4.69) is 28.8 Å². The van der Waals surface area contributed by atoms with Crippen LogP contribution in [0.1, 0.15) is 26.2 Å². The lowest BCUT2D eigenvalue weighted by molar-refractivity contribution is -0.0971. The molecule has 2 atom stereocenters. The Kier molecular flexibility index (Phi) is 4.78. The molecule has 1 heterocycles. The summed E-state index contributed by atoms with van der Waals surface area (Å²) in [5.41, 5.74) is 0.287. The van der Waals surface area contributed by atoms with Gasteiger partial charge < -0.3 is 15.4 Å². The summed E-state index contributed by atoms with van der Waals surface area (Å²) in [5, 5.41) is 7.78. The highest BCUT2D eigenvalue weighted by molar-refractivity contribution is 7.99. The first kappa shape index (κ1) is 14.0. The molecule has 0 bridgehead atoms. The first-order valence-electron chi connectivity index (χ1n) is 6.73. The van der Waals surface area contributed by atoms with Crippen molar-refractivity contribution in [3.05, 3.63) is 0 Å². The van der Waals surface area contributed by atoms with Gasteiger partial charge in [0.1, 0.15) is 0 Å². The minimum atomic E-state index is 0.287. The monoisotopic (exact) mass is 271 g/mol. The minimum Gasteiger partial charge on any atom is -0.380 e. The topological polar surface area (TPSA) is 45.7 Å². The largest absolute Gasteiger partial charge is 0.380 e. The first-order chi connectivity index (χ1) is 8.65. The molecule has 0 radical (unpaired) electrons. The fourth-order valence-electron chi connectivity index (χ4n) is 2.52. The predicted octanol–water partition coefficient (Wildman–Crippen LogP) is 1.47. The number of rotatable bonds is 4. The fourth-order valence-corrected chi connectivity index (χ4v) is 3.32. The lowest BCUT2D eigenvalue weighted by Crippen LogP contribution is -2.52. The maximum atomic E-state index is 5.26. The molecule has 5 heteroatoms. The van der Waals surface area contributed by atoms with Crippen molar-refractivity contribution in [3.8, 4) is 0 Å². The second-order valence-corrected chi connectivity index (χ2v) is 6.88. The number of aliphatic imine (C=N–C) groups is 1. The smallest absolute Gasteiger partial charge is 0.191 e. The quantitative estimate of drug-likeness (QED) is 0.600. The van der Waals surface area contributed by atoms with E-state index in [0.29, 0.717) is 6.04 Å². The minimum absolute atomic E-state index is 0.287. The Morgan fingerprint density at radius 2 is 2.22 bits per heavy atom. The summed E-state index contributed by atoms with van der Waals surface area (Å²) in [6, 6.07) is 0.582. The van der Waals surface area contributed by atoms with Gasteiger partial charge >= 0.3 is 0 Å². The summed E-state index contributed by atoms with van der Waals surface area (Å²) in [7, 11) is 1.84. The highest BCUT2D eigenvalue weighted by Crippen LogP contribution is 2.28. The average Bonchev–Trinajstić information content (AvgIpc) is 2.79. The highest BCUT2D eigenvalue weighted by atomic mass is 32.2. The Labute approximate surface area is 114 Å². The highest BCUT2D eigenvalue weighted by Gasteiger charge is 2.33. The van der Waals surface area contributed by atoms with Crippen LogP contribution in [-0.2, 0) is 4.74 Å². The summed E-state index contributed by atoms with van der Waals surface area (Å²) in [6.45, 7) is 4.89. The maximum Gasteiger partial charge on any atom is 0.191 e. The Morgan fingerprint density at radius 3 is 2.72 bits per heavy atom. The Morgan fingerprint density at radius 1 is 1.44 bits per heavy atom. The van der Waals surface area contributed by atoms with Crippen LogP contribution in [-0.4, -0.2) is 50.3 Å². The number of nitrogens with zero attached hydrogens (tertiary/aromatic N) is 1. The van der Waals surface area contributed by atoms with Gasteiger partial charge in [0.25, 0.3) is 0 Å². The van der Waals surface area contributed by atoms with E-state index < -0.39 is 0 Å². The van der Waals surface area contributed by atoms with Crippen LogP contribution in [0.3, 0.4) is 0 Å². The second-order valence-electron chi connectivity index (χ2n) is 5.74. The van der Waals surface area contributed by atoms with Gasteiger partial charge in [0.2, 0.25) is 0 Å². The summed E-state index contributed by atoms with van der Waals surface area (Å²) in [4.78, 5) is 4.31. The summed E-state index contributed by atoms with van der Waals surface area (Å²) < 4.78 is 5.26. The molecule has 1 aliphatic carbocycles. The van der Waals surface area contributed by atoms with E-state index in [1.54, 1.807) is 0 Å². The normalized spacial score (nSPS) is 30.9. The zero-order valence-corrected chi connectivity index (χ0v) is 12.5. The maximum absolute atomic E-state index is 5.26. The van der Waals surface area contributed by atoms with Crippen LogP contribution in [0.2, 0.25) is 0 Å². The van der Waals surface area contributed by atoms with Crippen molar-refractivity contribution in [3.63, 3.8) is 0 Å². The van der Waals surface area contributed by atoms with Gasteiger partial charge in [-0.25, -0.2) is 0 Å². The third-order valence-corrected chi connectivity index (χ3v) is 4.96. The van der Waals surface area contributed by atoms with E-state index in [9.17, 15) is 0 Å². The number of hydrogen-bond donors (Lipinski definition) is 2. The van der Waals surface area contributed by atoms with E-state index in [-0.39, 0.29) is 5.41 Å². The van der Waals surface area contributed by atoms with Crippen molar-refractivity contribution >= 4 is 17.7 Å². The van der Waals surface area contributed by atoms with Crippen molar-refractivity contribution in [2.75, 3.05) is 33.1 Å². The zero-order valence-electron chi connectivity index (χ0n) is 11.7. The predicted molar refractivity (Wildman–Crippen MR) is 78.4 cm³/mol. The summed E-state index contributed by atoms with van der Waals surface area (Å²) in [5.74, 6) is 0.940. The number of guanidine groups is 1. The molecule has 0 aromatic rings. The molecule has 18 heavy (non-hydrogen) atoms. The fraction of sp³-hybridized carbons (Fsp3) is 0.923. The van der Waals surface area contributed by atoms with Gasteiger partial charge in [-0.05, 0) is 25.5 Å². The van der Waals surface area contributed by atoms with E-state index in [1.165, 1.54) is 19.3 Å². The molecule has 2 unspecified atom stereocenters. The Balaban J connectivity index is 1.72. The molecule has 104 valence electrons. The first-order valence-corrected chi connectivity index (χ1v) is 8.02. The van der Waals surface area contributed by atoms with Crippen LogP contribution >= 0.6 is 11.8 Å². The molecule has 2 fully saturated rings. The van der Waals surface area contributed by atoms with Crippen molar-refractivity contribution in [2.45, 2.75) is 37.5 Å². The van der Waals surface area contributed by atoms with Gasteiger partial charge in [-0.1, -0.05) is 6.92 Å². The lowest BCUT2D eigenvalue weighted by Gasteiger charge is -2.38. The lowest BCUT2D eigenvalue weighted by atomic mass is 9.89. The molecule has 1 saturated carbocycles. The molecule has 0 amide bonds. The van der Waals surface area contributed by atoms with E-state index in [1.807, 2.05) is 18.8 Å². The van der Waals surface area contributed by atoms with Gasteiger partial charge in [0, 0.05) is 30.3 Å². The molecular weight excluding hydrogens is 246 g/mol. The molecule has 2 aliphatic rings. The number of nitrogens with one attached hydrogen (secondary N) is 2. The molecule has 2 rings (SSSR count). The Hall–Kier alpha value is -0.420. The van der Waals surface area contributed by atoms with Crippen LogP contribution < -0.4 is 10.6 Å². The molecule has 1 saturated heterocycles. The van der Waals surface area contributed by atoms with Crippen LogP contribution in [0.25, 0.3) is 0 Å². The third kappa shape index (κ3) is 3.54. The van der Waals surface area contributed by atoms with Crippen LogP contribution in [0.15, 0.2) is 4.99 Å². The van der Waals surface area contributed by atoms with E-state index >= 15 is 0 Å². The van der Waals surface area contributed by atoms with Gasteiger partial charge in [-0.2, -0.15) is 11.8 Å². The van der Waals surface area contributed by atoms with Gasteiger partial charge in [-0.15, -0.1) is 0 Å². The summed E-state index contributed by atoms with van der Waals surface area (Å²) >= 11 is 1.98. The molecule has 0 spiro atoms. The molecule has 1 aliphatic heterocycles. The van der Waals surface area contributed by atoms with Crippen molar-refractivity contribution in [1.29, 1.82) is 0 Å². The molecule has 0 aromatic heterocycles. The van der Waals surface area contributed by atoms with Crippen LogP contribution in [0.4, 0.5) is 0 Å². The molecule has 2 N–H and O–H groups in total. The Bertz CT molecular complexity index is 305. The SMILES string of the molecule is CN=C(NCC1(C)COC1)NC1CCC(SC)C1. The standard InChI is InChI=1S/C13H25N3OS/c1-13(8-17-9-13)7-15-12(14-2)16-10-4-5-11(6-10)18-3/h10-11H,4-9H2,1-3H3,(H2,14,15,16). The van der Waals surface area contributed by atoms with Gasteiger partial charge in [-0.3, -0.25) is 4.99 Å². The van der Waals surface area contributed by atoms with Gasteiger partial charge in [0.15, 0.2) is 5.96 Å². The molecule has 0 aromatic carbocycles. The van der Waals surface area contributed by atoms with Gasteiger partial charge in [0.05, 0.1) is 13.2 Å².